The fraction of sp³-hybridized carbons (Fsp3) is 0.333. The van der Waals surface area contributed by atoms with E-state index in [1.54, 1.807) is 12.1 Å². The molecule has 0 aliphatic carbocycles. The summed E-state index contributed by atoms with van der Waals surface area (Å²) in [7, 11) is 0. The first-order valence-corrected chi connectivity index (χ1v) is 5.21. The zero-order valence-corrected chi connectivity index (χ0v) is 9.35. The fourth-order valence-corrected chi connectivity index (χ4v) is 1.36. The van der Waals surface area contributed by atoms with Crippen LogP contribution in [0, 0.1) is 10.1 Å². The molecule has 0 spiro atoms. The molecule has 0 fully saturated rings. The van der Waals surface area contributed by atoms with Gasteiger partial charge in [-0.1, -0.05) is 18.2 Å². The predicted octanol–water partition coefficient (Wildman–Crippen LogP) is 2.65. The number of rotatable bonds is 6. The van der Waals surface area contributed by atoms with E-state index in [0.29, 0.717) is 12.6 Å². The second kappa shape index (κ2) is 6.02. The van der Waals surface area contributed by atoms with Crippen LogP contribution >= 0.6 is 0 Å². The van der Waals surface area contributed by atoms with E-state index in [2.05, 4.69) is 18.8 Å². The molecule has 4 heteroatoms. The van der Waals surface area contributed by atoms with Gasteiger partial charge >= 0.3 is 0 Å². The Labute approximate surface area is 95.1 Å². The third kappa shape index (κ3) is 3.82. The molecule has 0 amide bonds. The van der Waals surface area contributed by atoms with Gasteiger partial charge in [-0.2, -0.15) is 0 Å². The number of non-ortho nitro benzene ring substituents is 1. The summed E-state index contributed by atoms with van der Waals surface area (Å²) in [6.45, 7) is 6.46. The molecule has 1 aromatic carbocycles. The monoisotopic (exact) mass is 220 g/mol. The first-order valence-electron chi connectivity index (χ1n) is 5.21. The van der Waals surface area contributed by atoms with Gasteiger partial charge in [0.15, 0.2) is 0 Å². The molecule has 0 aromatic heterocycles. The number of nitrogens with one attached hydrogen (secondary N) is 1. The van der Waals surface area contributed by atoms with Crippen LogP contribution in [0.3, 0.4) is 0 Å². The molecule has 4 nitrogen and oxygen atoms in total. The van der Waals surface area contributed by atoms with E-state index in [-0.39, 0.29) is 5.69 Å². The summed E-state index contributed by atoms with van der Waals surface area (Å²) >= 11 is 0. The predicted molar refractivity (Wildman–Crippen MR) is 64.2 cm³/mol. The Kier molecular flexibility index (Phi) is 4.66. The lowest BCUT2D eigenvalue weighted by Gasteiger charge is -2.11. The zero-order valence-electron chi connectivity index (χ0n) is 9.35. The van der Waals surface area contributed by atoms with E-state index in [9.17, 15) is 10.1 Å². The molecule has 0 aliphatic heterocycles. The van der Waals surface area contributed by atoms with E-state index >= 15 is 0 Å². The van der Waals surface area contributed by atoms with Crippen molar-refractivity contribution in [2.75, 3.05) is 0 Å². The van der Waals surface area contributed by atoms with E-state index in [4.69, 9.17) is 0 Å². The molecular formula is C12H16N2O2. The fourth-order valence-electron chi connectivity index (χ4n) is 1.36. The Bertz CT molecular complexity index is 360. The standard InChI is InChI=1S/C12H16N2O2/c1-3-4-10(2)13-9-11-5-7-12(8-6-11)14(15)16/h3,5-8,10,13H,1,4,9H2,2H3. The van der Waals surface area contributed by atoms with Crippen LogP contribution in [0.5, 0.6) is 0 Å². The van der Waals surface area contributed by atoms with Crippen LogP contribution in [-0.4, -0.2) is 11.0 Å². The second-order valence-corrected chi connectivity index (χ2v) is 3.73. The molecule has 1 N–H and O–H groups in total. The van der Waals surface area contributed by atoms with Crippen LogP contribution in [0.2, 0.25) is 0 Å². The maximum Gasteiger partial charge on any atom is 0.269 e. The third-order valence-corrected chi connectivity index (χ3v) is 2.32. The molecule has 1 aromatic rings. The van der Waals surface area contributed by atoms with Gasteiger partial charge in [-0.25, -0.2) is 0 Å². The van der Waals surface area contributed by atoms with Crippen LogP contribution in [0.25, 0.3) is 0 Å². The Morgan fingerprint density at radius 2 is 2.12 bits per heavy atom. The summed E-state index contributed by atoms with van der Waals surface area (Å²) < 4.78 is 0. The van der Waals surface area contributed by atoms with Crippen LogP contribution in [0.1, 0.15) is 18.9 Å². The highest BCUT2D eigenvalue weighted by molar-refractivity contribution is 5.32. The van der Waals surface area contributed by atoms with Gasteiger partial charge in [-0.3, -0.25) is 10.1 Å². The molecule has 1 rings (SSSR count). The summed E-state index contributed by atoms with van der Waals surface area (Å²) in [4.78, 5) is 10.1. The number of nitro groups is 1. The van der Waals surface area contributed by atoms with Crippen molar-refractivity contribution in [3.63, 3.8) is 0 Å². The summed E-state index contributed by atoms with van der Waals surface area (Å²) in [5.74, 6) is 0. The topological polar surface area (TPSA) is 55.2 Å². The molecule has 0 radical (unpaired) electrons. The second-order valence-electron chi connectivity index (χ2n) is 3.73. The van der Waals surface area contributed by atoms with Crippen molar-refractivity contribution in [3.8, 4) is 0 Å². The lowest BCUT2D eigenvalue weighted by atomic mass is 10.2. The third-order valence-electron chi connectivity index (χ3n) is 2.32. The molecule has 1 unspecified atom stereocenters. The first-order chi connectivity index (χ1) is 7.63. The summed E-state index contributed by atoms with van der Waals surface area (Å²) in [6, 6.07) is 6.95. The van der Waals surface area contributed by atoms with Crippen molar-refractivity contribution < 1.29 is 4.92 Å². The molecular weight excluding hydrogens is 204 g/mol. The van der Waals surface area contributed by atoms with Gasteiger partial charge in [0.05, 0.1) is 4.92 Å². The van der Waals surface area contributed by atoms with Crippen molar-refractivity contribution in [1.29, 1.82) is 0 Å². The van der Waals surface area contributed by atoms with Crippen LogP contribution in [-0.2, 0) is 6.54 Å². The van der Waals surface area contributed by atoms with Gasteiger partial charge in [0.1, 0.15) is 0 Å². The van der Waals surface area contributed by atoms with Crippen molar-refractivity contribution in [1.82, 2.24) is 5.32 Å². The Morgan fingerprint density at radius 1 is 1.50 bits per heavy atom. The average Bonchev–Trinajstić information content (AvgIpc) is 2.27. The van der Waals surface area contributed by atoms with Gasteiger partial charge in [0.2, 0.25) is 0 Å². The maximum absolute atomic E-state index is 10.4. The molecule has 0 saturated carbocycles. The number of nitro benzene ring substituents is 1. The highest BCUT2D eigenvalue weighted by atomic mass is 16.6. The highest BCUT2D eigenvalue weighted by Gasteiger charge is 2.04. The number of nitrogens with zero attached hydrogens (tertiary/aromatic N) is 1. The molecule has 0 saturated heterocycles. The van der Waals surface area contributed by atoms with Gasteiger partial charge < -0.3 is 5.32 Å². The first kappa shape index (κ1) is 12.4. The number of benzene rings is 1. The van der Waals surface area contributed by atoms with E-state index in [1.807, 2.05) is 6.08 Å². The van der Waals surface area contributed by atoms with Crippen molar-refractivity contribution in [3.05, 3.63) is 52.6 Å². The summed E-state index contributed by atoms with van der Waals surface area (Å²) in [5.41, 5.74) is 1.17. The quantitative estimate of drug-likeness (QED) is 0.455. The van der Waals surface area contributed by atoms with Gasteiger partial charge in [-0.05, 0) is 18.9 Å². The van der Waals surface area contributed by atoms with Gasteiger partial charge in [0.25, 0.3) is 5.69 Å². The zero-order chi connectivity index (χ0) is 12.0. The molecule has 86 valence electrons. The van der Waals surface area contributed by atoms with Crippen molar-refractivity contribution >= 4 is 5.69 Å². The molecule has 0 heterocycles. The Balaban J connectivity index is 2.49. The van der Waals surface area contributed by atoms with Crippen LogP contribution in [0.15, 0.2) is 36.9 Å². The van der Waals surface area contributed by atoms with Gasteiger partial charge in [0, 0.05) is 24.7 Å². The largest absolute Gasteiger partial charge is 0.310 e. The smallest absolute Gasteiger partial charge is 0.269 e. The van der Waals surface area contributed by atoms with Crippen molar-refractivity contribution in [2.24, 2.45) is 0 Å². The highest BCUT2D eigenvalue weighted by Crippen LogP contribution is 2.11. The Hall–Kier alpha value is -1.68. The van der Waals surface area contributed by atoms with Gasteiger partial charge in [-0.15, -0.1) is 6.58 Å². The van der Waals surface area contributed by atoms with E-state index in [0.717, 1.165) is 12.0 Å². The molecule has 0 bridgehead atoms. The Morgan fingerprint density at radius 3 is 2.62 bits per heavy atom. The van der Waals surface area contributed by atoms with Crippen LogP contribution < -0.4 is 5.32 Å². The maximum atomic E-state index is 10.4. The van der Waals surface area contributed by atoms with Crippen LogP contribution in [0.4, 0.5) is 5.69 Å². The molecule has 1 atom stereocenters. The minimum atomic E-state index is -0.391. The SMILES string of the molecule is C=CCC(C)NCc1ccc([N+](=O)[O-])cc1. The number of hydrogen-bond donors (Lipinski definition) is 1. The number of hydrogen-bond acceptors (Lipinski definition) is 3. The van der Waals surface area contributed by atoms with E-state index in [1.165, 1.54) is 12.1 Å². The summed E-state index contributed by atoms with van der Waals surface area (Å²) in [5, 5.41) is 13.7. The summed E-state index contributed by atoms with van der Waals surface area (Å²) in [6.07, 6.45) is 2.78. The lowest BCUT2D eigenvalue weighted by molar-refractivity contribution is -0.384. The molecule has 0 aliphatic rings. The van der Waals surface area contributed by atoms with E-state index < -0.39 is 4.92 Å². The average molecular weight is 220 g/mol. The normalized spacial score (nSPS) is 12.1. The van der Waals surface area contributed by atoms with Crippen molar-refractivity contribution in [2.45, 2.75) is 25.9 Å². The lowest BCUT2D eigenvalue weighted by Crippen LogP contribution is -2.24. The molecule has 16 heavy (non-hydrogen) atoms. The minimum Gasteiger partial charge on any atom is -0.310 e. The minimum absolute atomic E-state index is 0.128.